The predicted octanol–water partition coefficient (Wildman–Crippen LogP) is 3.41. The Bertz CT molecular complexity index is 813. The van der Waals surface area contributed by atoms with Crippen LogP contribution in [0.25, 0.3) is 16.6 Å². The molecule has 0 amide bonds. The van der Waals surface area contributed by atoms with Crippen LogP contribution in [0, 0.1) is 19.7 Å². The monoisotopic (exact) mass is 323 g/mol. The Labute approximate surface area is 117 Å². The molecule has 0 saturated carbocycles. The third-order valence-corrected chi connectivity index (χ3v) is 3.65. The van der Waals surface area contributed by atoms with Gasteiger partial charge in [0.1, 0.15) is 17.1 Å². The van der Waals surface area contributed by atoms with Crippen molar-refractivity contribution in [2.45, 2.75) is 13.8 Å². The number of aromatic nitrogens is 3. The fraction of sp³-hybridized carbons (Fsp3) is 0.231. The van der Waals surface area contributed by atoms with Gasteiger partial charge in [-0.05, 0) is 29.8 Å². The molecule has 0 aliphatic heterocycles. The third kappa shape index (κ3) is 1.70. The van der Waals surface area contributed by atoms with E-state index in [2.05, 4.69) is 25.9 Å². The van der Waals surface area contributed by atoms with Gasteiger partial charge < -0.3 is 4.74 Å². The number of rotatable bonds is 1. The first-order valence-electron chi connectivity index (χ1n) is 5.71. The third-order valence-electron chi connectivity index (χ3n) is 3.11. The molecule has 0 aliphatic rings. The predicted molar refractivity (Wildman–Crippen MR) is 74.2 cm³/mol. The lowest BCUT2D eigenvalue weighted by Crippen LogP contribution is -1.99. The van der Waals surface area contributed by atoms with Crippen molar-refractivity contribution in [3.8, 4) is 5.75 Å². The summed E-state index contributed by atoms with van der Waals surface area (Å²) >= 11 is 3.40. The summed E-state index contributed by atoms with van der Waals surface area (Å²) in [6, 6.07) is 2.77. The topological polar surface area (TPSA) is 39.4 Å². The second kappa shape index (κ2) is 4.16. The van der Waals surface area contributed by atoms with Crippen LogP contribution in [0.1, 0.15) is 11.4 Å². The minimum atomic E-state index is -0.366. The Hall–Kier alpha value is -1.69. The molecule has 2 heterocycles. The Morgan fingerprint density at radius 1 is 1.21 bits per heavy atom. The van der Waals surface area contributed by atoms with Crippen LogP contribution in [0.15, 0.2) is 16.9 Å². The number of aryl methyl sites for hydroxylation is 2. The van der Waals surface area contributed by atoms with Gasteiger partial charge in [0.05, 0.1) is 29.5 Å². The molecule has 0 radical (unpaired) electrons. The van der Waals surface area contributed by atoms with Crippen molar-refractivity contribution in [1.82, 2.24) is 14.4 Å². The molecule has 0 unspecified atom stereocenters. The van der Waals surface area contributed by atoms with Gasteiger partial charge in [0.2, 0.25) is 0 Å². The molecule has 0 saturated heterocycles. The highest BCUT2D eigenvalue weighted by Crippen LogP contribution is 2.30. The van der Waals surface area contributed by atoms with Crippen LogP contribution in [0.4, 0.5) is 4.39 Å². The summed E-state index contributed by atoms with van der Waals surface area (Å²) in [5.41, 5.74) is 3.80. The van der Waals surface area contributed by atoms with E-state index < -0.39 is 0 Å². The standard InChI is InChI=1S/C13H11BrFN3O/c1-6-12-7(2)17-13(14)18(12)9-4-8(15)5-10(19-3)11(9)16-6/h4-5H,1-3H3. The molecule has 4 nitrogen and oxygen atoms in total. The molecular weight excluding hydrogens is 313 g/mol. The number of hydrogen-bond donors (Lipinski definition) is 0. The second-order valence-electron chi connectivity index (χ2n) is 4.32. The molecule has 6 heteroatoms. The van der Waals surface area contributed by atoms with E-state index in [4.69, 9.17) is 4.74 Å². The fourth-order valence-corrected chi connectivity index (χ4v) is 2.99. The lowest BCUT2D eigenvalue weighted by Gasteiger charge is -2.09. The highest BCUT2D eigenvalue weighted by molar-refractivity contribution is 9.10. The molecule has 0 aliphatic carbocycles. The van der Waals surface area contributed by atoms with Crippen LogP contribution in [-0.4, -0.2) is 21.5 Å². The van der Waals surface area contributed by atoms with E-state index in [9.17, 15) is 4.39 Å². The minimum absolute atomic E-state index is 0.366. The molecule has 98 valence electrons. The molecule has 2 aromatic heterocycles. The number of fused-ring (bicyclic) bond motifs is 3. The van der Waals surface area contributed by atoms with Crippen LogP contribution >= 0.6 is 15.9 Å². The maximum atomic E-state index is 13.7. The van der Waals surface area contributed by atoms with Gasteiger partial charge in [0.25, 0.3) is 0 Å². The van der Waals surface area contributed by atoms with E-state index in [-0.39, 0.29) is 5.82 Å². The number of imidazole rings is 1. The Morgan fingerprint density at radius 3 is 2.58 bits per heavy atom. The number of hydrogen-bond acceptors (Lipinski definition) is 3. The molecule has 1 aromatic carbocycles. The van der Waals surface area contributed by atoms with E-state index in [0.717, 1.165) is 16.9 Å². The van der Waals surface area contributed by atoms with Crippen molar-refractivity contribution in [1.29, 1.82) is 0 Å². The van der Waals surface area contributed by atoms with Crippen molar-refractivity contribution in [2.24, 2.45) is 0 Å². The second-order valence-corrected chi connectivity index (χ2v) is 5.03. The number of benzene rings is 1. The van der Waals surface area contributed by atoms with Crippen molar-refractivity contribution in [2.75, 3.05) is 7.11 Å². The fourth-order valence-electron chi connectivity index (χ4n) is 2.36. The molecule has 19 heavy (non-hydrogen) atoms. The molecule has 0 atom stereocenters. The zero-order valence-electron chi connectivity index (χ0n) is 10.7. The highest BCUT2D eigenvalue weighted by atomic mass is 79.9. The van der Waals surface area contributed by atoms with E-state index in [1.165, 1.54) is 19.2 Å². The summed E-state index contributed by atoms with van der Waals surface area (Å²) < 4.78 is 21.4. The van der Waals surface area contributed by atoms with Crippen LogP contribution in [-0.2, 0) is 0 Å². The first kappa shape index (κ1) is 12.3. The molecule has 0 bridgehead atoms. The van der Waals surface area contributed by atoms with E-state index in [0.29, 0.717) is 21.5 Å². The Morgan fingerprint density at radius 2 is 1.89 bits per heavy atom. The molecular formula is C13H11BrFN3O. The van der Waals surface area contributed by atoms with Gasteiger partial charge in [0.15, 0.2) is 4.73 Å². The molecule has 0 spiro atoms. The summed E-state index contributed by atoms with van der Waals surface area (Å²) in [7, 11) is 1.50. The van der Waals surface area contributed by atoms with E-state index >= 15 is 0 Å². The highest BCUT2D eigenvalue weighted by Gasteiger charge is 2.16. The van der Waals surface area contributed by atoms with Crippen molar-refractivity contribution >= 4 is 32.5 Å². The smallest absolute Gasteiger partial charge is 0.182 e. The van der Waals surface area contributed by atoms with Crippen LogP contribution in [0.5, 0.6) is 5.75 Å². The Kier molecular flexibility index (Phi) is 2.70. The van der Waals surface area contributed by atoms with Gasteiger partial charge in [0, 0.05) is 12.1 Å². The summed E-state index contributed by atoms with van der Waals surface area (Å²) in [5.74, 6) is 0.0489. The van der Waals surface area contributed by atoms with Gasteiger partial charge in [-0.1, -0.05) is 0 Å². The first-order chi connectivity index (χ1) is 9.02. The zero-order valence-corrected chi connectivity index (χ0v) is 12.2. The maximum absolute atomic E-state index is 13.7. The normalized spacial score (nSPS) is 11.4. The summed E-state index contributed by atoms with van der Waals surface area (Å²) in [6.07, 6.45) is 0. The summed E-state index contributed by atoms with van der Waals surface area (Å²) in [5, 5.41) is 0. The minimum Gasteiger partial charge on any atom is -0.494 e. The van der Waals surface area contributed by atoms with Crippen LogP contribution < -0.4 is 4.74 Å². The van der Waals surface area contributed by atoms with Crippen LogP contribution in [0.3, 0.4) is 0 Å². The van der Waals surface area contributed by atoms with Crippen molar-refractivity contribution in [3.05, 3.63) is 34.1 Å². The van der Waals surface area contributed by atoms with Gasteiger partial charge in [-0.3, -0.25) is 4.40 Å². The Balaban J connectivity index is 2.63. The number of ether oxygens (including phenoxy) is 1. The van der Waals surface area contributed by atoms with Crippen LogP contribution in [0.2, 0.25) is 0 Å². The number of nitrogens with zero attached hydrogens (tertiary/aromatic N) is 3. The average Bonchev–Trinajstić information content (AvgIpc) is 2.66. The van der Waals surface area contributed by atoms with Crippen molar-refractivity contribution < 1.29 is 9.13 Å². The summed E-state index contributed by atoms with van der Waals surface area (Å²) in [4.78, 5) is 8.88. The molecule has 3 aromatic rings. The lowest BCUT2D eigenvalue weighted by atomic mass is 10.2. The lowest BCUT2D eigenvalue weighted by molar-refractivity contribution is 0.415. The quantitative estimate of drug-likeness (QED) is 0.689. The SMILES string of the molecule is COc1cc(F)cc2c1nc(C)c1c(C)nc(Br)n12. The molecule has 0 N–H and O–H groups in total. The van der Waals surface area contributed by atoms with E-state index in [1.807, 2.05) is 18.2 Å². The van der Waals surface area contributed by atoms with Gasteiger partial charge in [-0.2, -0.15) is 0 Å². The number of methoxy groups -OCH3 is 1. The number of halogens is 2. The van der Waals surface area contributed by atoms with Gasteiger partial charge in [-0.25, -0.2) is 14.4 Å². The van der Waals surface area contributed by atoms with Crippen molar-refractivity contribution in [3.63, 3.8) is 0 Å². The zero-order chi connectivity index (χ0) is 13.7. The first-order valence-corrected chi connectivity index (χ1v) is 6.50. The maximum Gasteiger partial charge on any atom is 0.182 e. The van der Waals surface area contributed by atoms with Gasteiger partial charge in [-0.15, -0.1) is 0 Å². The molecule has 3 rings (SSSR count). The average molecular weight is 324 g/mol. The molecule has 0 fully saturated rings. The largest absolute Gasteiger partial charge is 0.494 e. The van der Waals surface area contributed by atoms with Gasteiger partial charge >= 0.3 is 0 Å². The summed E-state index contributed by atoms with van der Waals surface area (Å²) in [6.45, 7) is 3.80. The van der Waals surface area contributed by atoms with E-state index in [1.54, 1.807) is 0 Å².